The third-order valence-electron chi connectivity index (χ3n) is 3.86. The molecule has 0 unspecified atom stereocenters. The van der Waals surface area contributed by atoms with Crippen molar-refractivity contribution in [2.75, 3.05) is 12.4 Å². The first kappa shape index (κ1) is 17.5. The molecule has 1 aromatic heterocycles. The summed E-state index contributed by atoms with van der Waals surface area (Å²) in [5.74, 6) is -1.28. The summed E-state index contributed by atoms with van der Waals surface area (Å²) >= 11 is 0. The molecule has 0 radical (unpaired) electrons. The molecule has 0 spiro atoms. The van der Waals surface area contributed by atoms with E-state index in [4.69, 9.17) is 9.84 Å². The molecule has 0 aliphatic heterocycles. The van der Waals surface area contributed by atoms with Gasteiger partial charge in [0, 0.05) is 37.0 Å². The molecule has 1 heterocycles. The zero-order chi connectivity index (χ0) is 17.7. The number of hydrogen-bond acceptors (Lipinski definition) is 5. The van der Waals surface area contributed by atoms with Crippen LogP contribution in [0.3, 0.4) is 0 Å². The first-order valence-electron chi connectivity index (χ1n) is 7.57. The molecule has 0 atom stereocenters. The highest BCUT2D eigenvalue weighted by Crippen LogP contribution is 2.18. The Kier molecular flexibility index (Phi) is 5.57. The zero-order valence-electron chi connectivity index (χ0n) is 14.0. The van der Waals surface area contributed by atoms with Gasteiger partial charge < -0.3 is 15.2 Å². The minimum absolute atomic E-state index is 0.0949. The fourth-order valence-electron chi connectivity index (χ4n) is 2.40. The van der Waals surface area contributed by atoms with Crippen LogP contribution in [0.2, 0.25) is 0 Å². The minimum atomic E-state index is -0.818. The fraction of sp³-hybridized carbons (Fsp3) is 0.353. The number of carboxylic acid groups (broad SMARTS) is 1. The van der Waals surface area contributed by atoms with Crippen molar-refractivity contribution in [3.05, 3.63) is 46.8 Å². The summed E-state index contributed by atoms with van der Waals surface area (Å²) in [5.41, 5.74) is 3.76. The number of ether oxygens (including phenoxy) is 1. The van der Waals surface area contributed by atoms with Crippen LogP contribution >= 0.6 is 0 Å². The number of aliphatic carboxylic acids is 1. The molecular formula is C17H21N3O4. The number of aromatic nitrogens is 2. The molecule has 2 rings (SSSR count). The number of carboxylic acids is 1. The molecule has 2 N–H and O–H groups in total. The van der Waals surface area contributed by atoms with E-state index in [0.717, 1.165) is 22.5 Å². The van der Waals surface area contributed by atoms with E-state index in [1.165, 1.54) is 7.11 Å². The van der Waals surface area contributed by atoms with Crippen molar-refractivity contribution in [3.8, 4) is 0 Å². The Hall–Kier alpha value is -2.83. The predicted molar refractivity (Wildman–Crippen MR) is 89.0 cm³/mol. The van der Waals surface area contributed by atoms with E-state index in [-0.39, 0.29) is 6.42 Å². The first-order valence-corrected chi connectivity index (χ1v) is 7.57. The molecule has 24 heavy (non-hydrogen) atoms. The average Bonchev–Trinajstić information content (AvgIpc) is 2.85. The van der Waals surface area contributed by atoms with E-state index in [1.54, 1.807) is 11.7 Å². The van der Waals surface area contributed by atoms with Gasteiger partial charge in [-0.05, 0) is 31.0 Å². The Bertz CT molecular complexity index is 752. The molecular weight excluding hydrogens is 310 g/mol. The lowest BCUT2D eigenvalue weighted by Gasteiger charge is -2.09. The SMILES string of the molecule is COC(=O)c1nn(C)c(C)c1CNc1cccc(CCC(=O)O)c1. The van der Waals surface area contributed by atoms with E-state index in [9.17, 15) is 9.59 Å². The van der Waals surface area contributed by atoms with Gasteiger partial charge in [-0.3, -0.25) is 9.48 Å². The number of esters is 1. The maximum Gasteiger partial charge on any atom is 0.358 e. The quantitative estimate of drug-likeness (QED) is 0.755. The van der Waals surface area contributed by atoms with E-state index >= 15 is 0 Å². The van der Waals surface area contributed by atoms with E-state index in [2.05, 4.69) is 10.4 Å². The molecule has 128 valence electrons. The minimum Gasteiger partial charge on any atom is -0.481 e. The van der Waals surface area contributed by atoms with Crippen molar-refractivity contribution in [2.45, 2.75) is 26.3 Å². The van der Waals surface area contributed by atoms with Crippen LogP contribution in [-0.2, 0) is 29.5 Å². The lowest BCUT2D eigenvalue weighted by Crippen LogP contribution is -2.09. The molecule has 0 aliphatic carbocycles. The third-order valence-corrected chi connectivity index (χ3v) is 3.86. The number of rotatable bonds is 7. The second-order valence-electron chi connectivity index (χ2n) is 5.48. The maximum absolute atomic E-state index is 11.8. The number of hydrogen-bond donors (Lipinski definition) is 2. The van der Waals surface area contributed by atoms with Crippen LogP contribution in [-0.4, -0.2) is 33.9 Å². The van der Waals surface area contributed by atoms with Crippen molar-refractivity contribution in [1.29, 1.82) is 0 Å². The Morgan fingerprint density at radius 2 is 2.12 bits per heavy atom. The van der Waals surface area contributed by atoms with Crippen LogP contribution in [0.25, 0.3) is 0 Å². The number of nitrogens with one attached hydrogen (secondary N) is 1. The van der Waals surface area contributed by atoms with E-state index in [1.807, 2.05) is 31.2 Å². The summed E-state index contributed by atoms with van der Waals surface area (Å²) in [5, 5.41) is 16.2. The van der Waals surface area contributed by atoms with Gasteiger partial charge in [0.2, 0.25) is 0 Å². The smallest absolute Gasteiger partial charge is 0.358 e. The van der Waals surface area contributed by atoms with Crippen molar-refractivity contribution < 1.29 is 19.4 Å². The number of nitrogens with zero attached hydrogens (tertiary/aromatic N) is 2. The van der Waals surface area contributed by atoms with Gasteiger partial charge >= 0.3 is 11.9 Å². The standard InChI is InChI=1S/C17H21N3O4/c1-11-14(16(17(23)24-3)19-20(11)2)10-18-13-6-4-5-12(9-13)7-8-15(21)22/h4-6,9,18H,7-8,10H2,1-3H3,(H,21,22). The molecule has 1 aromatic carbocycles. The molecule has 0 bridgehead atoms. The average molecular weight is 331 g/mol. The second-order valence-corrected chi connectivity index (χ2v) is 5.48. The van der Waals surface area contributed by atoms with Gasteiger partial charge in [0.05, 0.1) is 7.11 Å². The Morgan fingerprint density at radius 1 is 1.38 bits per heavy atom. The monoisotopic (exact) mass is 331 g/mol. The van der Waals surface area contributed by atoms with Crippen LogP contribution in [0.15, 0.2) is 24.3 Å². The van der Waals surface area contributed by atoms with Gasteiger partial charge in [0.25, 0.3) is 0 Å². The molecule has 0 aliphatic rings. The molecule has 2 aromatic rings. The number of carbonyl (C=O) groups is 2. The van der Waals surface area contributed by atoms with Crippen LogP contribution in [0, 0.1) is 6.92 Å². The topological polar surface area (TPSA) is 93.5 Å². The number of aryl methyl sites for hydroxylation is 2. The molecule has 0 saturated carbocycles. The molecule has 0 fully saturated rings. The predicted octanol–water partition coefficient (Wildman–Crippen LogP) is 2.14. The molecule has 0 saturated heterocycles. The fourth-order valence-corrected chi connectivity index (χ4v) is 2.40. The van der Waals surface area contributed by atoms with Crippen LogP contribution < -0.4 is 5.32 Å². The van der Waals surface area contributed by atoms with Gasteiger partial charge in [-0.2, -0.15) is 5.10 Å². The van der Waals surface area contributed by atoms with Crippen molar-refractivity contribution in [2.24, 2.45) is 7.05 Å². The van der Waals surface area contributed by atoms with Gasteiger partial charge in [-0.15, -0.1) is 0 Å². The number of methoxy groups -OCH3 is 1. The highest BCUT2D eigenvalue weighted by molar-refractivity contribution is 5.89. The van der Waals surface area contributed by atoms with Crippen molar-refractivity contribution in [1.82, 2.24) is 9.78 Å². The summed E-state index contributed by atoms with van der Waals surface area (Å²) < 4.78 is 6.42. The number of anilines is 1. The Labute approximate surface area is 140 Å². The van der Waals surface area contributed by atoms with E-state index in [0.29, 0.717) is 18.7 Å². The molecule has 7 nitrogen and oxygen atoms in total. The van der Waals surface area contributed by atoms with Crippen molar-refractivity contribution in [3.63, 3.8) is 0 Å². The third kappa shape index (κ3) is 4.13. The lowest BCUT2D eigenvalue weighted by atomic mass is 10.1. The number of carbonyl (C=O) groups excluding carboxylic acids is 1. The van der Waals surface area contributed by atoms with Crippen LogP contribution in [0.4, 0.5) is 5.69 Å². The highest BCUT2D eigenvalue weighted by Gasteiger charge is 2.19. The normalized spacial score (nSPS) is 10.5. The summed E-state index contributed by atoms with van der Waals surface area (Å²) in [6, 6.07) is 7.57. The van der Waals surface area contributed by atoms with E-state index < -0.39 is 11.9 Å². The van der Waals surface area contributed by atoms with Crippen LogP contribution in [0.5, 0.6) is 0 Å². The zero-order valence-corrected chi connectivity index (χ0v) is 14.0. The van der Waals surface area contributed by atoms with Gasteiger partial charge in [-0.25, -0.2) is 4.79 Å². The maximum atomic E-state index is 11.8. The van der Waals surface area contributed by atoms with Gasteiger partial charge in [0.1, 0.15) is 0 Å². The second kappa shape index (κ2) is 7.63. The van der Waals surface area contributed by atoms with Gasteiger partial charge in [0.15, 0.2) is 5.69 Å². The lowest BCUT2D eigenvalue weighted by molar-refractivity contribution is -0.136. The van der Waals surface area contributed by atoms with Crippen molar-refractivity contribution >= 4 is 17.6 Å². The summed E-state index contributed by atoms with van der Waals surface area (Å²) in [4.78, 5) is 22.5. The Balaban J connectivity index is 2.12. The van der Waals surface area contributed by atoms with Crippen LogP contribution in [0.1, 0.15) is 33.7 Å². The first-order chi connectivity index (χ1) is 11.4. The largest absolute Gasteiger partial charge is 0.481 e. The molecule has 7 heteroatoms. The number of benzene rings is 1. The summed E-state index contributed by atoms with van der Waals surface area (Å²) in [6.45, 7) is 2.31. The summed E-state index contributed by atoms with van der Waals surface area (Å²) in [7, 11) is 3.10. The Morgan fingerprint density at radius 3 is 2.79 bits per heavy atom. The highest BCUT2D eigenvalue weighted by atomic mass is 16.5. The summed E-state index contributed by atoms with van der Waals surface area (Å²) in [6.07, 6.45) is 0.571. The molecule has 0 amide bonds. The van der Waals surface area contributed by atoms with Gasteiger partial charge in [-0.1, -0.05) is 12.1 Å².